The van der Waals surface area contributed by atoms with E-state index in [1.165, 1.54) is 0 Å². The van der Waals surface area contributed by atoms with Crippen LogP contribution >= 0.6 is 0 Å². The van der Waals surface area contributed by atoms with Crippen LogP contribution in [0.2, 0.25) is 0 Å². The van der Waals surface area contributed by atoms with E-state index in [-0.39, 0.29) is 6.03 Å². The van der Waals surface area contributed by atoms with Crippen molar-refractivity contribution in [1.82, 2.24) is 9.97 Å². The van der Waals surface area contributed by atoms with E-state index in [1.807, 2.05) is 44.2 Å². The zero-order valence-electron chi connectivity index (χ0n) is 17.6. The SMILES string of the molecule is Cc1c#ccc(C)c1N1Cc2cnc3nc2N(CCCCOc2cccc(c2)N3)C1=O. The van der Waals surface area contributed by atoms with E-state index in [0.29, 0.717) is 31.5 Å². The average molecular weight is 413 g/mol. The van der Waals surface area contributed by atoms with Crippen LogP contribution in [0.15, 0.2) is 36.5 Å². The molecule has 0 atom stereocenters. The molecule has 0 saturated heterocycles. The fraction of sp³-hybridized carbons (Fsp3) is 0.292. The van der Waals surface area contributed by atoms with Crippen molar-refractivity contribution in [3.63, 3.8) is 0 Å². The van der Waals surface area contributed by atoms with Crippen LogP contribution in [0.4, 0.5) is 27.9 Å². The fourth-order valence-electron chi connectivity index (χ4n) is 4.10. The molecule has 7 nitrogen and oxygen atoms in total. The van der Waals surface area contributed by atoms with Crippen molar-refractivity contribution < 1.29 is 9.53 Å². The van der Waals surface area contributed by atoms with Gasteiger partial charge in [0, 0.05) is 35.6 Å². The number of ether oxygens (including phenoxy) is 1. The Bertz CT molecular complexity index is 1130. The molecule has 5 rings (SSSR count). The molecule has 0 saturated carbocycles. The zero-order valence-corrected chi connectivity index (χ0v) is 17.6. The van der Waals surface area contributed by atoms with Crippen molar-refractivity contribution in [2.75, 3.05) is 28.3 Å². The molecule has 1 aromatic heterocycles. The summed E-state index contributed by atoms with van der Waals surface area (Å²) in [6.07, 6.45) is 3.44. The van der Waals surface area contributed by atoms with Gasteiger partial charge in [-0.15, -0.1) is 0 Å². The smallest absolute Gasteiger partial charge is 0.330 e. The monoisotopic (exact) mass is 413 g/mol. The number of aryl methyl sites for hydroxylation is 1. The van der Waals surface area contributed by atoms with Crippen molar-refractivity contribution in [2.45, 2.75) is 33.2 Å². The first-order valence-corrected chi connectivity index (χ1v) is 10.4. The number of nitrogens with one attached hydrogen (secondary N) is 1. The van der Waals surface area contributed by atoms with Crippen LogP contribution in [-0.4, -0.2) is 29.2 Å². The van der Waals surface area contributed by atoms with Gasteiger partial charge in [-0.05, 0) is 50.5 Å². The second-order valence-electron chi connectivity index (χ2n) is 7.84. The fourth-order valence-corrected chi connectivity index (χ4v) is 4.10. The highest BCUT2D eigenvalue weighted by atomic mass is 16.5. The Morgan fingerprint density at radius 3 is 2.97 bits per heavy atom. The summed E-state index contributed by atoms with van der Waals surface area (Å²) < 4.78 is 5.87. The van der Waals surface area contributed by atoms with Crippen LogP contribution in [0.3, 0.4) is 0 Å². The zero-order chi connectivity index (χ0) is 21.4. The highest BCUT2D eigenvalue weighted by molar-refractivity contribution is 6.06. The number of carbonyl (C=O) groups excluding carboxylic acids is 1. The van der Waals surface area contributed by atoms with Gasteiger partial charge in [0.25, 0.3) is 0 Å². The maximum atomic E-state index is 13.6. The Labute approximate surface area is 181 Å². The third kappa shape index (κ3) is 3.61. The standard InChI is InChI=1S/C24H23N5O2/c1-16-7-5-8-17(2)21(16)29-15-18-14-25-23-26-19-9-6-10-20(13-19)31-12-4-3-11-28(24(29)30)22(18)27-23/h6-7,9-10,13-14H,3-4,11-12,15H2,1-2H3,(H,25,26,27). The maximum absolute atomic E-state index is 13.6. The van der Waals surface area contributed by atoms with Gasteiger partial charge in [0.1, 0.15) is 11.6 Å². The van der Waals surface area contributed by atoms with Gasteiger partial charge in [0.2, 0.25) is 5.95 Å². The van der Waals surface area contributed by atoms with Gasteiger partial charge in [-0.2, -0.15) is 4.98 Å². The highest BCUT2D eigenvalue weighted by Crippen LogP contribution is 2.34. The lowest BCUT2D eigenvalue weighted by Crippen LogP contribution is -2.48. The van der Waals surface area contributed by atoms with Crippen molar-refractivity contribution in [1.29, 1.82) is 0 Å². The van der Waals surface area contributed by atoms with Gasteiger partial charge in [-0.3, -0.25) is 9.80 Å². The van der Waals surface area contributed by atoms with Gasteiger partial charge in [0.05, 0.1) is 18.8 Å². The van der Waals surface area contributed by atoms with E-state index in [4.69, 9.17) is 9.72 Å². The summed E-state index contributed by atoms with van der Waals surface area (Å²) in [5.41, 5.74) is 4.52. The number of benzene rings is 1. The molecule has 0 unspecified atom stereocenters. The van der Waals surface area contributed by atoms with Gasteiger partial charge < -0.3 is 10.1 Å². The van der Waals surface area contributed by atoms with Gasteiger partial charge in [0.15, 0.2) is 0 Å². The number of rotatable bonds is 1. The summed E-state index contributed by atoms with van der Waals surface area (Å²) in [7, 11) is 0. The Balaban J connectivity index is 1.56. The minimum absolute atomic E-state index is 0.0840. The largest absolute Gasteiger partial charge is 0.494 e. The van der Waals surface area contributed by atoms with Crippen molar-refractivity contribution >= 4 is 29.2 Å². The number of hydrogen-bond donors (Lipinski definition) is 1. The van der Waals surface area contributed by atoms with Crippen LogP contribution in [0.25, 0.3) is 0 Å². The number of amides is 2. The molecule has 156 valence electrons. The molecule has 0 aliphatic carbocycles. The third-order valence-electron chi connectivity index (χ3n) is 5.57. The minimum atomic E-state index is -0.0840. The van der Waals surface area contributed by atoms with Crippen molar-refractivity contribution in [3.8, 4) is 5.75 Å². The van der Waals surface area contributed by atoms with Crippen molar-refractivity contribution in [3.05, 3.63) is 65.4 Å². The second-order valence-corrected chi connectivity index (χ2v) is 7.84. The topological polar surface area (TPSA) is 70.6 Å². The molecule has 2 aliphatic rings. The molecule has 2 aromatic carbocycles. The van der Waals surface area contributed by atoms with Crippen LogP contribution in [-0.2, 0) is 6.54 Å². The van der Waals surface area contributed by atoms with Crippen LogP contribution < -0.4 is 19.9 Å². The Morgan fingerprint density at radius 1 is 1.19 bits per heavy atom. The lowest BCUT2D eigenvalue weighted by atomic mass is 10.1. The molecule has 0 radical (unpaired) electrons. The summed E-state index contributed by atoms with van der Waals surface area (Å²) >= 11 is 0. The molecule has 31 heavy (non-hydrogen) atoms. The molecule has 0 spiro atoms. The second kappa shape index (κ2) is 7.80. The summed E-state index contributed by atoms with van der Waals surface area (Å²) in [4.78, 5) is 26.4. The van der Waals surface area contributed by atoms with Crippen molar-refractivity contribution in [2.24, 2.45) is 0 Å². The van der Waals surface area contributed by atoms with Crippen LogP contribution in [0, 0.1) is 26.0 Å². The highest BCUT2D eigenvalue weighted by Gasteiger charge is 2.34. The molecular weight excluding hydrogens is 390 g/mol. The number of hydrogen-bond acceptors (Lipinski definition) is 5. The lowest BCUT2D eigenvalue weighted by molar-refractivity contribution is 0.249. The van der Waals surface area contributed by atoms with Gasteiger partial charge in [-0.1, -0.05) is 18.2 Å². The Kier molecular flexibility index (Phi) is 4.83. The molecule has 7 heteroatoms. The van der Waals surface area contributed by atoms with E-state index < -0.39 is 0 Å². The summed E-state index contributed by atoms with van der Waals surface area (Å²) in [5, 5.41) is 3.23. The summed E-state index contributed by atoms with van der Waals surface area (Å²) in [6.45, 7) is 5.51. The Hall–Kier alpha value is -3.79. The first kappa shape index (κ1) is 19.2. The first-order chi connectivity index (χ1) is 15.1. The molecule has 3 heterocycles. The number of carbonyl (C=O) groups is 1. The van der Waals surface area contributed by atoms with E-state index in [0.717, 1.165) is 46.7 Å². The minimum Gasteiger partial charge on any atom is -0.494 e. The van der Waals surface area contributed by atoms with Crippen LogP contribution in [0.5, 0.6) is 5.75 Å². The maximum Gasteiger partial charge on any atom is 0.330 e. The number of aromatic nitrogens is 2. The number of urea groups is 1. The van der Waals surface area contributed by atoms with E-state index in [2.05, 4.69) is 22.4 Å². The molecular formula is C24H23N5O2. The molecule has 2 amide bonds. The quantitative estimate of drug-likeness (QED) is 0.633. The first-order valence-electron chi connectivity index (χ1n) is 10.4. The number of fused-ring (bicyclic) bond motifs is 3. The van der Waals surface area contributed by atoms with Crippen LogP contribution in [0.1, 0.15) is 29.5 Å². The van der Waals surface area contributed by atoms with Gasteiger partial charge in [-0.25, -0.2) is 9.78 Å². The average Bonchev–Trinajstić information content (AvgIpc) is 2.76. The predicted octanol–water partition coefficient (Wildman–Crippen LogP) is 4.56. The van der Waals surface area contributed by atoms with Gasteiger partial charge >= 0.3 is 6.03 Å². The molecule has 2 aliphatic heterocycles. The summed E-state index contributed by atoms with van der Waals surface area (Å²) in [6, 6.07) is 15.6. The summed E-state index contributed by atoms with van der Waals surface area (Å²) in [5.74, 6) is 1.92. The number of nitrogens with zero attached hydrogens (tertiary/aromatic N) is 4. The predicted molar refractivity (Wildman–Crippen MR) is 119 cm³/mol. The Morgan fingerprint density at radius 2 is 2.10 bits per heavy atom. The molecule has 4 bridgehead atoms. The van der Waals surface area contributed by atoms with E-state index in [1.54, 1.807) is 16.0 Å². The van der Waals surface area contributed by atoms with E-state index >= 15 is 0 Å². The molecule has 1 N–H and O–H groups in total. The molecule has 0 fully saturated rings. The third-order valence-corrected chi connectivity index (χ3v) is 5.57. The number of anilines is 4. The normalized spacial score (nSPS) is 15.6. The lowest BCUT2D eigenvalue weighted by Gasteiger charge is -2.37. The van der Waals surface area contributed by atoms with E-state index in [9.17, 15) is 4.79 Å². The molecule has 3 aromatic rings.